The van der Waals surface area contributed by atoms with Crippen LogP contribution in [0.25, 0.3) is 0 Å². The van der Waals surface area contributed by atoms with Crippen molar-refractivity contribution in [1.82, 2.24) is 13.2 Å². The third-order valence-electron chi connectivity index (χ3n) is 5.15. The van der Waals surface area contributed by atoms with Gasteiger partial charge in [0.25, 0.3) is 0 Å². The Morgan fingerprint density at radius 1 is 1.07 bits per heavy atom. The highest BCUT2D eigenvalue weighted by Gasteiger charge is 2.32. The predicted molar refractivity (Wildman–Crippen MR) is 113 cm³/mol. The minimum absolute atomic E-state index is 0.0917. The van der Waals surface area contributed by atoms with E-state index in [0.29, 0.717) is 18.5 Å². The third-order valence-corrected chi connectivity index (χ3v) is 8.84. The highest BCUT2D eigenvalue weighted by Crippen LogP contribution is 2.25. The van der Waals surface area contributed by atoms with Crippen LogP contribution in [0, 0.1) is 5.92 Å². The summed E-state index contributed by atoms with van der Waals surface area (Å²) >= 11 is 0. The molecule has 1 aliphatic heterocycles. The fraction of sp³-hybridized carbons (Fsp3) is 0.421. The molecule has 1 saturated heterocycles. The van der Waals surface area contributed by atoms with Gasteiger partial charge in [-0.15, -0.1) is 0 Å². The van der Waals surface area contributed by atoms with Crippen LogP contribution in [-0.4, -0.2) is 63.1 Å². The van der Waals surface area contributed by atoms with Gasteiger partial charge in [-0.1, -0.05) is 6.07 Å². The van der Waals surface area contributed by atoms with E-state index < -0.39 is 20.0 Å². The van der Waals surface area contributed by atoms with Gasteiger partial charge in [0.15, 0.2) is 0 Å². The Kier molecular flexibility index (Phi) is 6.37. The number of amides is 1. The van der Waals surface area contributed by atoms with E-state index in [1.54, 1.807) is 42.2 Å². The largest absolute Gasteiger partial charge is 0.356 e. The summed E-state index contributed by atoms with van der Waals surface area (Å²) in [7, 11) is -2.53. The summed E-state index contributed by atoms with van der Waals surface area (Å²) in [5.41, 5.74) is 0.391. The maximum Gasteiger partial charge on any atom is 0.244 e. The summed E-state index contributed by atoms with van der Waals surface area (Å²) in [5.74, 6) is -0.590. The van der Waals surface area contributed by atoms with Crippen LogP contribution in [-0.2, 0) is 31.9 Å². The lowest BCUT2D eigenvalue weighted by Crippen LogP contribution is -2.41. The van der Waals surface area contributed by atoms with Crippen molar-refractivity contribution in [3.8, 4) is 0 Å². The smallest absolute Gasteiger partial charge is 0.244 e. The van der Waals surface area contributed by atoms with Crippen LogP contribution in [0.15, 0.2) is 52.5 Å². The van der Waals surface area contributed by atoms with Crippen molar-refractivity contribution in [2.75, 3.05) is 32.5 Å². The molecule has 0 aliphatic carbocycles. The number of nitrogens with one attached hydrogen (secondary N) is 1. The molecule has 0 bridgehead atoms. The van der Waals surface area contributed by atoms with Crippen molar-refractivity contribution in [3.05, 3.63) is 42.7 Å². The number of aryl methyl sites for hydroxylation is 1. The molecule has 1 fully saturated rings. The normalized spacial score (nSPS) is 16.7. The first kappa shape index (κ1) is 22.5. The van der Waals surface area contributed by atoms with Crippen LogP contribution in [0.4, 0.5) is 5.69 Å². The first-order valence-corrected chi connectivity index (χ1v) is 12.4. The molecule has 1 aliphatic rings. The second kappa shape index (κ2) is 8.50. The highest BCUT2D eigenvalue weighted by atomic mass is 32.2. The van der Waals surface area contributed by atoms with E-state index in [-0.39, 0.29) is 34.7 Å². The summed E-state index contributed by atoms with van der Waals surface area (Å²) in [6.45, 7) is 0.509. The van der Waals surface area contributed by atoms with Crippen LogP contribution in [0.5, 0.6) is 0 Å². The van der Waals surface area contributed by atoms with Crippen molar-refractivity contribution in [1.29, 1.82) is 0 Å². The summed E-state index contributed by atoms with van der Waals surface area (Å²) in [4.78, 5) is 13.0. The Labute approximate surface area is 177 Å². The highest BCUT2D eigenvalue weighted by molar-refractivity contribution is 7.89. The Hall–Kier alpha value is -2.21. The van der Waals surface area contributed by atoms with Crippen molar-refractivity contribution < 1.29 is 21.6 Å². The van der Waals surface area contributed by atoms with Crippen LogP contribution in [0.1, 0.15) is 12.8 Å². The van der Waals surface area contributed by atoms with Crippen LogP contribution in [0.2, 0.25) is 0 Å². The van der Waals surface area contributed by atoms with E-state index in [4.69, 9.17) is 0 Å². The van der Waals surface area contributed by atoms with E-state index in [1.807, 2.05) is 0 Å². The van der Waals surface area contributed by atoms with Crippen LogP contribution in [0.3, 0.4) is 0 Å². The van der Waals surface area contributed by atoms with Crippen LogP contribution >= 0.6 is 0 Å². The molecule has 9 nitrogen and oxygen atoms in total. The summed E-state index contributed by atoms with van der Waals surface area (Å²) < 4.78 is 54.1. The van der Waals surface area contributed by atoms with Gasteiger partial charge < -0.3 is 9.88 Å². The number of carbonyl (C=O) groups is 1. The van der Waals surface area contributed by atoms with E-state index in [9.17, 15) is 21.6 Å². The Balaban J connectivity index is 1.64. The minimum atomic E-state index is -3.60. The molecule has 30 heavy (non-hydrogen) atoms. The summed E-state index contributed by atoms with van der Waals surface area (Å²) in [6.07, 6.45) is 4.03. The standard InChI is InChI=1S/C19H26N4O5S2/c1-21(2)29(25,26)17-6-4-5-16(13-17)20-19(24)15-7-11-23(12-8-15)30(27,28)18-9-10-22(3)14-18/h4-6,9-10,13-15H,7-8,11-12H2,1-3H3,(H,20,24). The Morgan fingerprint density at radius 3 is 2.30 bits per heavy atom. The first-order chi connectivity index (χ1) is 14.0. The van der Waals surface area contributed by atoms with Gasteiger partial charge >= 0.3 is 0 Å². The Bertz CT molecular complexity index is 1130. The molecule has 0 atom stereocenters. The molecule has 1 aromatic heterocycles. The quantitative estimate of drug-likeness (QED) is 0.708. The molecule has 1 N–H and O–H groups in total. The maximum atomic E-state index is 12.7. The number of carbonyl (C=O) groups excluding carboxylic acids is 1. The molecule has 0 saturated carbocycles. The third kappa shape index (κ3) is 4.59. The van der Waals surface area contributed by atoms with E-state index >= 15 is 0 Å². The van der Waals surface area contributed by atoms with Crippen molar-refractivity contribution in [2.45, 2.75) is 22.6 Å². The molecule has 2 aromatic rings. The number of piperidine rings is 1. The zero-order valence-electron chi connectivity index (χ0n) is 17.1. The second-order valence-corrected chi connectivity index (χ2v) is 11.6. The predicted octanol–water partition coefficient (Wildman–Crippen LogP) is 1.31. The number of sulfonamides is 2. The number of anilines is 1. The molecular formula is C19H26N4O5S2. The number of nitrogens with zero attached hydrogens (tertiary/aromatic N) is 3. The molecule has 0 radical (unpaired) electrons. The SMILES string of the molecule is CN(C)S(=O)(=O)c1cccc(NC(=O)C2CCN(S(=O)(=O)c3ccn(C)c3)CC2)c1. The monoisotopic (exact) mass is 454 g/mol. The van der Waals surface area contributed by atoms with Gasteiger partial charge in [-0.05, 0) is 37.1 Å². The van der Waals surface area contributed by atoms with Gasteiger partial charge in [0.05, 0.1) is 9.79 Å². The first-order valence-electron chi connectivity index (χ1n) is 9.47. The lowest BCUT2D eigenvalue weighted by Gasteiger charge is -2.30. The topological polar surface area (TPSA) is 109 Å². The lowest BCUT2D eigenvalue weighted by atomic mass is 9.97. The van der Waals surface area contributed by atoms with Gasteiger partial charge in [-0.2, -0.15) is 4.31 Å². The van der Waals surface area contributed by atoms with Crippen molar-refractivity contribution in [3.63, 3.8) is 0 Å². The number of benzene rings is 1. The molecule has 0 unspecified atom stereocenters. The van der Waals surface area contributed by atoms with E-state index in [2.05, 4.69) is 5.32 Å². The number of hydrogen-bond acceptors (Lipinski definition) is 5. The molecule has 0 spiro atoms. The fourth-order valence-electron chi connectivity index (χ4n) is 3.33. The van der Waals surface area contributed by atoms with Crippen molar-refractivity contribution >= 4 is 31.6 Å². The second-order valence-electron chi connectivity index (χ2n) is 7.50. The maximum absolute atomic E-state index is 12.7. The van der Waals surface area contributed by atoms with Gasteiger partial charge in [-0.3, -0.25) is 4.79 Å². The lowest BCUT2D eigenvalue weighted by molar-refractivity contribution is -0.120. The Morgan fingerprint density at radius 2 is 1.73 bits per heavy atom. The number of hydrogen-bond donors (Lipinski definition) is 1. The minimum Gasteiger partial charge on any atom is -0.356 e. The molecule has 2 heterocycles. The fourth-order valence-corrected chi connectivity index (χ4v) is 5.80. The summed E-state index contributed by atoms with van der Waals surface area (Å²) in [6, 6.07) is 7.64. The van der Waals surface area contributed by atoms with E-state index in [1.165, 1.54) is 30.5 Å². The van der Waals surface area contributed by atoms with Gasteiger partial charge in [0.1, 0.15) is 0 Å². The summed E-state index contributed by atoms with van der Waals surface area (Å²) in [5, 5.41) is 2.76. The molecule has 11 heteroatoms. The molecule has 1 aromatic carbocycles. The van der Waals surface area contributed by atoms with Crippen LogP contribution < -0.4 is 5.32 Å². The molecule has 164 valence electrons. The zero-order valence-corrected chi connectivity index (χ0v) is 18.8. The number of aromatic nitrogens is 1. The zero-order chi connectivity index (χ0) is 22.1. The molecular weight excluding hydrogens is 428 g/mol. The average Bonchev–Trinajstić information content (AvgIpc) is 3.15. The average molecular weight is 455 g/mol. The van der Waals surface area contributed by atoms with Crippen molar-refractivity contribution in [2.24, 2.45) is 13.0 Å². The van der Waals surface area contributed by atoms with Gasteiger partial charge in [-0.25, -0.2) is 21.1 Å². The number of rotatable bonds is 6. The van der Waals surface area contributed by atoms with Gasteiger partial charge in [0, 0.05) is 58.2 Å². The molecule has 3 rings (SSSR count). The molecule has 1 amide bonds. The van der Waals surface area contributed by atoms with Gasteiger partial charge in [0.2, 0.25) is 26.0 Å². The van der Waals surface area contributed by atoms with E-state index in [0.717, 1.165) is 4.31 Å².